The summed E-state index contributed by atoms with van der Waals surface area (Å²) in [6, 6.07) is 5.26. The minimum Gasteiger partial charge on any atom is -0.497 e. The lowest BCUT2D eigenvalue weighted by Crippen LogP contribution is -2.36. The molecule has 0 spiro atoms. The second-order valence-corrected chi connectivity index (χ2v) is 5.31. The molecule has 0 unspecified atom stereocenters. The van der Waals surface area contributed by atoms with Gasteiger partial charge in [0.2, 0.25) is 0 Å². The van der Waals surface area contributed by atoms with Crippen LogP contribution in [0.2, 0.25) is 0 Å². The van der Waals surface area contributed by atoms with Crippen molar-refractivity contribution < 1.29 is 23.8 Å². The highest BCUT2D eigenvalue weighted by Gasteiger charge is 2.37. The molecule has 2 rings (SSSR count). The Hall–Kier alpha value is -2.61. The molecule has 1 heterocycles. The third-order valence-electron chi connectivity index (χ3n) is 3.59. The average molecular weight is 350 g/mol. The molecule has 1 saturated heterocycles. The first-order valence-corrected chi connectivity index (χ1v) is 7.43. The molecule has 7 nitrogen and oxygen atoms in total. The molecule has 1 fully saturated rings. The number of esters is 1. The molecule has 24 heavy (non-hydrogen) atoms. The molecule has 0 aliphatic carbocycles. The van der Waals surface area contributed by atoms with E-state index in [0.29, 0.717) is 22.8 Å². The Morgan fingerprint density at radius 1 is 1.25 bits per heavy atom. The van der Waals surface area contributed by atoms with Crippen molar-refractivity contribution in [2.24, 2.45) is 0 Å². The van der Waals surface area contributed by atoms with E-state index in [4.69, 9.17) is 21.7 Å². The summed E-state index contributed by atoms with van der Waals surface area (Å²) in [5.74, 6) is 0.288. The standard InChI is InChI=1S/C16H18N2O5S/c1-17-12(15(20)18(16(17)24)9-14(19)23-4)7-10-5-6-11(21-2)8-13(10)22-3/h5-8H,9H2,1-4H3/b12-7-. The van der Waals surface area contributed by atoms with Crippen LogP contribution in [0.3, 0.4) is 0 Å². The Morgan fingerprint density at radius 2 is 1.96 bits per heavy atom. The predicted octanol–water partition coefficient (Wildman–Crippen LogP) is 1.28. The van der Waals surface area contributed by atoms with Crippen LogP contribution in [0.25, 0.3) is 6.08 Å². The Morgan fingerprint density at radius 3 is 2.54 bits per heavy atom. The van der Waals surface area contributed by atoms with Crippen LogP contribution in [0, 0.1) is 0 Å². The van der Waals surface area contributed by atoms with E-state index in [2.05, 4.69) is 4.74 Å². The van der Waals surface area contributed by atoms with Gasteiger partial charge in [0.1, 0.15) is 23.7 Å². The van der Waals surface area contributed by atoms with Gasteiger partial charge >= 0.3 is 5.97 Å². The number of likely N-dealkylation sites (N-methyl/N-ethyl adjacent to an activating group) is 1. The minimum absolute atomic E-state index is 0.227. The first kappa shape index (κ1) is 17.7. The van der Waals surface area contributed by atoms with E-state index in [1.54, 1.807) is 43.3 Å². The van der Waals surface area contributed by atoms with E-state index >= 15 is 0 Å². The summed E-state index contributed by atoms with van der Waals surface area (Å²) < 4.78 is 15.1. The van der Waals surface area contributed by atoms with Crippen molar-refractivity contribution in [2.45, 2.75) is 0 Å². The van der Waals surface area contributed by atoms with Gasteiger partial charge in [-0.05, 0) is 30.4 Å². The van der Waals surface area contributed by atoms with E-state index in [9.17, 15) is 9.59 Å². The molecule has 1 aliphatic heterocycles. The second kappa shape index (κ2) is 7.31. The van der Waals surface area contributed by atoms with Gasteiger partial charge in [-0.3, -0.25) is 14.5 Å². The van der Waals surface area contributed by atoms with E-state index < -0.39 is 5.97 Å². The van der Waals surface area contributed by atoms with Crippen molar-refractivity contribution in [1.29, 1.82) is 0 Å². The van der Waals surface area contributed by atoms with Crippen LogP contribution in [-0.4, -0.2) is 61.7 Å². The molecule has 1 aromatic rings. The van der Waals surface area contributed by atoms with E-state index in [-0.39, 0.29) is 17.6 Å². The zero-order chi connectivity index (χ0) is 17.9. The zero-order valence-corrected chi connectivity index (χ0v) is 14.7. The third kappa shape index (κ3) is 3.33. The van der Waals surface area contributed by atoms with Crippen molar-refractivity contribution in [3.8, 4) is 11.5 Å². The fraction of sp³-hybridized carbons (Fsp3) is 0.312. The molecule has 0 bridgehead atoms. The summed E-state index contributed by atoms with van der Waals surface area (Å²) in [4.78, 5) is 26.8. The van der Waals surface area contributed by atoms with Crippen LogP contribution in [0.5, 0.6) is 11.5 Å². The number of ether oxygens (including phenoxy) is 3. The summed E-state index contributed by atoms with van der Waals surface area (Å²) in [5.41, 5.74) is 1.03. The van der Waals surface area contributed by atoms with Gasteiger partial charge in [-0.25, -0.2) is 0 Å². The van der Waals surface area contributed by atoms with Gasteiger partial charge in [0, 0.05) is 18.7 Å². The lowest BCUT2D eigenvalue weighted by atomic mass is 10.1. The topological polar surface area (TPSA) is 68.3 Å². The fourth-order valence-electron chi connectivity index (χ4n) is 2.23. The Bertz CT molecular complexity index is 716. The molecule has 1 aromatic carbocycles. The molecule has 8 heteroatoms. The smallest absolute Gasteiger partial charge is 0.325 e. The van der Waals surface area contributed by atoms with Gasteiger partial charge in [0.05, 0.1) is 21.3 Å². The largest absolute Gasteiger partial charge is 0.497 e. The highest BCUT2D eigenvalue weighted by Crippen LogP contribution is 2.29. The summed E-state index contributed by atoms with van der Waals surface area (Å²) in [7, 11) is 6.02. The van der Waals surface area contributed by atoms with Crippen LogP contribution >= 0.6 is 12.2 Å². The molecule has 128 valence electrons. The molecular weight excluding hydrogens is 332 g/mol. The number of nitrogens with zero attached hydrogens (tertiary/aromatic N) is 2. The van der Waals surface area contributed by atoms with E-state index in [1.165, 1.54) is 19.1 Å². The van der Waals surface area contributed by atoms with Crippen molar-refractivity contribution in [3.05, 3.63) is 29.5 Å². The number of hydrogen-bond acceptors (Lipinski definition) is 6. The molecule has 0 radical (unpaired) electrons. The normalized spacial score (nSPS) is 15.9. The fourth-order valence-corrected chi connectivity index (χ4v) is 2.48. The number of rotatable bonds is 5. The molecule has 0 N–H and O–H groups in total. The van der Waals surface area contributed by atoms with Gasteiger partial charge in [0.15, 0.2) is 5.11 Å². The third-order valence-corrected chi connectivity index (χ3v) is 4.09. The quantitative estimate of drug-likeness (QED) is 0.450. The maximum Gasteiger partial charge on any atom is 0.325 e. The van der Waals surface area contributed by atoms with Crippen LogP contribution in [0.15, 0.2) is 23.9 Å². The van der Waals surface area contributed by atoms with Crippen molar-refractivity contribution >= 4 is 35.3 Å². The van der Waals surface area contributed by atoms with Crippen LogP contribution in [0.4, 0.5) is 0 Å². The predicted molar refractivity (Wildman–Crippen MR) is 91.6 cm³/mol. The first-order valence-electron chi connectivity index (χ1n) is 7.03. The van der Waals surface area contributed by atoms with Crippen molar-refractivity contribution in [2.75, 3.05) is 34.9 Å². The van der Waals surface area contributed by atoms with E-state index in [1.807, 2.05) is 0 Å². The number of amides is 1. The monoisotopic (exact) mass is 350 g/mol. The van der Waals surface area contributed by atoms with Crippen LogP contribution < -0.4 is 9.47 Å². The number of carbonyl (C=O) groups excluding carboxylic acids is 2. The summed E-state index contributed by atoms with van der Waals surface area (Å²) >= 11 is 5.23. The van der Waals surface area contributed by atoms with Crippen LogP contribution in [-0.2, 0) is 14.3 Å². The van der Waals surface area contributed by atoms with E-state index in [0.717, 1.165) is 0 Å². The van der Waals surface area contributed by atoms with Crippen molar-refractivity contribution in [1.82, 2.24) is 9.80 Å². The maximum absolute atomic E-state index is 12.6. The summed E-state index contributed by atoms with van der Waals surface area (Å²) in [5, 5.41) is 0.240. The number of carbonyl (C=O) groups is 2. The molecule has 1 amide bonds. The number of thiocarbonyl (C=S) groups is 1. The molecular formula is C16H18N2O5S. The molecule has 1 aliphatic rings. The second-order valence-electron chi connectivity index (χ2n) is 4.95. The Balaban J connectivity index is 2.37. The van der Waals surface area contributed by atoms with Gasteiger partial charge < -0.3 is 19.1 Å². The maximum atomic E-state index is 12.6. The highest BCUT2D eigenvalue weighted by atomic mass is 32.1. The first-order chi connectivity index (χ1) is 11.4. The Labute approximate surface area is 145 Å². The lowest BCUT2D eigenvalue weighted by molar-refractivity contribution is -0.143. The minimum atomic E-state index is -0.539. The zero-order valence-electron chi connectivity index (χ0n) is 13.9. The SMILES string of the molecule is COC(=O)CN1C(=O)/C(=C/c2ccc(OC)cc2OC)N(C)C1=S. The van der Waals surface area contributed by atoms with Gasteiger partial charge in [-0.1, -0.05) is 0 Å². The highest BCUT2D eigenvalue weighted by molar-refractivity contribution is 7.80. The van der Waals surface area contributed by atoms with Gasteiger partial charge in [-0.2, -0.15) is 0 Å². The van der Waals surface area contributed by atoms with Crippen LogP contribution in [0.1, 0.15) is 5.56 Å². The van der Waals surface area contributed by atoms with Gasteiger partial charge in [0.25, 0.3) is 5.91 Å². The number of hydrogen-bond donors (Lipinski definition) is 0. The number of methoxy groups -OCH3 is 3. The van der Waals surface area contributed by atoms with Crippen molar-refractivity contribution in [3.63, 3.8) is 0 Å². The van der Waals surface area contributed by atoms with Gasteiger partial charge in [-0.15, -0.1) is 0 Å². The Kier molecular flexibility index (Phi) is 5.40. The molecule has 0 aromatic heterocycles. The average Bonchev–Trinajstić information content (AvgIpc) is 2.79. The molecule has 0 saturated carbocycles. The lowest BCUT2D eigenvalue weighted by Gasteiger charge is -2.14. The summed E-state index contributed by atoms with van der Waals surface area (Å²) in [6.07, 6.45) is 1.66. The number of benzene rings is 1. The summed E-state index contributed by atoms with van der Waals surface area (Å²) in [6.45, 7) is -0.227. The molecule has 0 atom stereocenters.